The van der Waals surface area contributed by atoms with Crippen LogP contribution in [0.1, 0.15) is 23.2 Å². The molecule has 2 aliphatic heterocycles. The third-order valence-corrected chi connectivity index (χ3v) is 4.82. The maximum absolute atomic E-state index is 11.4. The van der Waals surface area contributed by atoms with Crippen LogP contribution in [0.25, 0.3) is 0 Å². The number of nitrogens with two attached hydrogens (primary N) is 1. The number of carboxylic acid groups (broad SMARTS) is 1. The number of rotatable bonds is 3. The molecule has 2 atom stereocenters. The Hall–Kier alpha value is -1.64. The van der Waals surface area contributed by atoms with Crippen molar-refractivity contribution < 1.29 is 23.1 Å². The highest BCUT2D eigenvalue weighted by molar-refractivity contribution is 7.89. The molecule has 0 aromatic heterocycles. The minimum absolute atomic E-state index is 0.0529. The summed E-state index contributed by atoms with van der Waals surface area (Å²) in [7, 11) is -3.92. The lowest BCUT2D eigenvalue weighted by molar-refractivity contribution is 0.0303. The summed E-state index contributed by atoms with van der Waals surface area (Å²) >= 11 is 0. The topological polar surface area (TPSA) is 110 Å². The van der Waals surface area contributed by atoms with Crippen LogP contribution in [0.3, 0.4) is 0 Å². The Bertz CT molecular complexity index is 676. The van der Waals surface area contributed by atoms with Gasteiger partial charge in [0.15, 0.2) is 0 Å². The van der Waals surface area contributed by atoms with Gasteiger partial charge in [0.05, 0.1) is 28.4 Å². The smallest absolute Gasteiger partial charge is 0.337 e. The first-order valence-electron chi connectivity index (χ1n) is 6.65. The first-order valence-corrected chi connectivity index (χ1v) is 8.20. The number of carbonyl (C=O) groups is 1. The minimum atomic E-state index is -3.92. The summed E-state index contributed by atoms with van der Waals surface area (Å²) in [5.41, 5.74) is 0.456. The van der Waals surface area contributed by atoms with E-state index in [-0.39, 0.29) is 22.7 Å². The minimum Gasteiger partial charge on any atom is -0.478 e. The predicted molar refractivity (Wildman–Crippen MR) is 74.9 cm³/mol. The van der Waals surface area contributed by atoms with Gasteiger partial charge in [0.2, 0.25) is 10.0 Å². The molecular formula is C13H16N2O5S. The van der Waals surface area contributed by atoms with Gasteiger partial charge in [0, 0.05) is 13.1 Å². The summed E-state index contributed by atoms with van der Waals surface area (Å²) in [5, 5.41) is 14.4. The van der Waals surface area contributed by atoms with Crippen molar-refractivity contribution in [3.05, 3.63) is 23.8 Å². The number of primary sulfonamides is 1. The fourth-order valence-electron chi connectivity index (χ4n) is 2.95. The van der Waals surface area contributed by atoms with Crippen LogP contribution in [-0.2, 0) is 14.8 Å². The normalized spacial score (nSPS) is 25.1. The van der Waals surface area contributed by atoms with Gasteiger partial charge in [0.25, 0.3) is 0 Å². The Labute approximate surface area is 122 Å². The van der Waals surface area contributed by atoms with Crippen molar-refractivity contribution in [2.45, 2.75) is 29.9 Å². The molecule has 3 N–H and O–H groups in total. The third kappa shape index (κ3) is 2.74. The largest absolute Gasteiger partial charge is 0.478 e. The van der Waals surface area contributed by atoms with E-state index in [1.165, 1.54) is 12.1 Å². The SMILES string of the molecule is NS(=O)(=O)c1ccc(N2CC3CCC(C2)O3)c(C(=O)O)c1. The number of hydrogen-bond donors (Lipinski definition) is 2. The van der Waals surface area contributed by atoms with Crippen molar-refractivity contribution in [1.82, 2.24) is 0 Å². The average Bonchev–Trinajstić information content (AvgIpc) is 2.75. The summed E-state index contributed by atoms with van der Waals surface area (Å²) in [4.78, 5) is 13.2. The Morgan fingerprint density at radius 2 is 1.90 bits per heavy atom. The molecular weight excluding hydrogens is 296 g/mol. The van der Waals surface area contributed by atoms with Crippen molar-refractivity contribution >= 4 is 21.7 Å². The molecule has 0 amide bonds. The van der Waals surface area contributed by atoms with E-state index < -0.39 is 16.0 Å². The molecule has 2 unspecified atom stereocenters. The Kier molecular flexibility index (Phi) is 3.39. The molecule has 2 fully saturated rings. The van der Waals surface area contributed by atoms with E-state index in [0.717, 1.165) is 18.9 Å². The zero-order valence-electron chi connectivity index (χ0n) is 11.2. The van der Waals surface area contributed by atoms with Gasteiger partial charge in [-0.15, -0.1) is 0 Å². The molecule has 2 saturated heterocycles. The van der Waals surface area contributed by atoms with E-state index in [9.17, 15) is 18.3 Å². The van der Waals surface area contributed by atoms with Crippen molar-refractivity contribution in [2.75, 3.05) is 18.0 Å². The third-order valence-electron chi connectivity index (χ3n) is 3.91. The lowest BCUT2D eigenvalue weighted by Crippen LogP contribution is -2.43. The van der Waals surface area contributed by atoms with Crippen LogP contribution in [0.5, 0.6) is 0 Å². The number of anilines is 1. The monoisotopic (exact) mass is 312 g/mol. The van der Waals surface area contributed by atoms with Crippen molar-refractivity contribution in [3.8, 4) is 0 Å². The van der Waals surface area contributed by atoms with Crippen LogP contribution < -0.4 is 10.0 Å². The van der Waals surface area contributed by atoms with Crippen LogP contribution in [0.2, 0.25) is 0 Å². The van der Waals surface area contributed by atoms with Gasteiger partial charge in [0.1, 0.15) is 0 Å². The molecule has 8 heteroatoms. The van der Waals surface area contributed by atoms with Gasteiger partial charge in [-0.05, 0) is 31.0 Å². The molecule has 0 spiro atoms. The van der Waals surface area contributed by atoms with Gasteiger partial charge in [-0.2, -0.15) is 0 Å². The van der Waals surface area contributed by atoms with E-state index in [0.29, 0.717) is 18.8 Å². The number of benzene rings is 1. The lowest BCUT2D eigenvalue weighted by Gasteiger charge is -2.34. The van der Waals surface area contributed by atoms with Crippen LogP contribution in [0, 0.1) is 0 Å². The van der Waals surface area contributed by atoms with Gasteiger partial charge in [-0.25, -0.2) is 18.4 Å². The molecule has 0 saturated carbocycles. The summed E-state index contributed by atoms with van der Waals surface area (Å²) in [6.45, 7) is 1.23. The predicted octanol–water partition coefficient (Wildman–Crippen LogP) is 0.400. The number of carboxylic acids is 1. The van der Waals surface area contributed by atoms with Crippen molar-refractivity contribution in [2.24, 2.45) is 5.14 Å². The van der Waals surface area contributed by atoms with Gasteiger partial charge >= 0.3 is 5.97 Å². The average molecular weight is 312 g/mol. The second kappa shape index (κ2) is 4.97. The van der Waals surface area contributed by atoms with Gasteiger partial charge in [-0.3, -0.25) is 0 Å². The molecule has 0 aliphatic carbocycles. The Balaban J connectivity index is 2.00. The fraction of sp³-hybridized carbons (Fsp3) is 0.462. The molecule has 21 heavy (non-hydrogen) atoms. The van der Waals surface area contributed by atoms with E-state index in [2.05, 4.69) is 0 Å². The van der Waals surface area contributed by atoms with E-state index in [1.807, 2.05) is 4.90 Å². The zero-order valence-corrected chi connectivity index (χ0v) is 12.0. The van der Waals surface area contributed by atoms with Crippen molar-refractivity contribution in [1.29, 1.82) is 0 Å². The molecule has 1 aromatic rings. The fourth-order valence-corrected chi connectivity index (χ4v) is 3.49. The Morgan fingerprint density at radius 3 is 2.43 bits per heavy atom. The summed E-state index contributed by atoms with van der Waals surface area (Å²) in [5.74, 6) is -1.17. The van der Waals surface area contributed by atoms with Crippen LogP contribution in [0.15, 0.2) is 23.1 Å². The number of hydrogen-bond acceptors (Lipinski definition) is 5. The molecule has 7 nitrogen and oxygen atoms in total. The number of ether oxygens (including phenoxy) is 1. The number of sulfonamides is 1. The van der Waals surface area contributed by atoms with Crippen LogP contribution in [0.4, 0.5) is 5.69 Å². The van der Waals surface area contributed by atoms with Crippen LogP contribution >= 0.6 is 0 Å². The van der Waals surface area contributed by atoms with Gasteiger partial charge < -0.3 is 14.7 Å². The number of nitrogens with zero attached hydrogens (tertiary/aromatic N) is 1. The highest BCUT2D eigenvalue weighted by atomic mass is 32.2. The van der Waals surface area contributed by atoms with E-state index in [1.54, 1.807) is 0 Å². The quantitative estimate of drug-likeness (QED) is 0.836. The van der Waals surface area contributed by atoms with E-state index in [4.69, 9.17) is 9.88 Å². The summed E-state index contributed by atoms with van der Waals surface area (Å²) in [6.07, 6.45) is 2.17. The lowest BCUT2D eigenvalue weighted by atomic mass is 10.1. The number of aromatic carboxylic acids is 1. The van der Waals surface area contributed by atoms with Gasteiger partial charge in [-0.1, -0.05) is 0 Å². The molecule has 3 rings (SSSR count). The highest BCUT2D eigenvalue weighted by Gasteiger charge is 2.35. The Morgan fingerprint density at radius 1 is 1.29 bits per heavy atom. The first kappa shape index (κ1) is 14.3. The second-order valence-electron chi connectivity index (χ2n) is 5.39. The molecule has 114 valence electrons. The zero-order chi connectivity index (χ0) is 15.2. The first-order chi connectivity index (χ1) is 9.84. The van der Waals surface area contributed by atoms with E-state index >= 15 is 0 Å². The van der Waals surface area contributed by atoms with Crippen LogP contribution in [-0.4, -0.2) is 44.8 Å². The maximum Gasteiger partial charge on any atom is 0.337 e. The van der Waals surface area contributed by atoms with Crippen molar-refractivity contribution in [3.63, 3.8) is 0 Å². The number of fused-ring (bicyclic) bond motifs is 2. The molecule has 0 radical (unpaired) electrons. The molecule has 2 bridgehead atoms. The summed E-state index contributed by atoms with van der Waals surface area (Å²) < 4.78 is 28.4. The highest BCUT2D eigenvalue weighted by Crippen LogP contribution is 2.32. The maximum atomic E-state index is 11.4. The molecule has 2 heterocycles. The second-order valence-corrected chi connectivity index (χ2v) is 6.95. The number of morpholine rings is 1. The molecule has 2 aliphatic rings. The summed E-state index contributed by atoms with van der Waals surface area (Å²) in [6, 6.07) is 3.97. The standard InChI is InChI=1S/C13H16N2O5S/c14-21(18,19)10-3-4-12(11(5-10)13(16)17)15-6-8-1-2-9(7-15)20-8/h3-5,8-9H,1-2,6-7H2,(H,16,17)(H2,14,18,19). The molecule has 1 aromatic carbocycles.